The van der Waals surface area contributed by atoms with Crippen LogP contribution in [0.1, 0.15) is 33.1 Å². The molecule has 0 radical (unpaired) electrons. The predicted octanol–water partition coefficient (Wildman–Crippen LogP) is 0.748. The van der Waals surface area contributed by atoms with Crippen molar-refractivity contribution in [3.8, 4) is 0 Å². The van der Waals surface area contributed by atoms with Gasteiger partial charge in [-0.15, -0.1) is 0 Å². The van der Waals surface area contributed by atoms with Crippen LogP contribution in [0.15, 0.2) is 0 Å². The van der Waals surface area contributed by atoms with Crippen molar-refractivity contribution in [1.29, 1.82) is 0 Å². The first kappa shape index (κ1) is 14.1. The monoisotopic (exact) mass is 270 g/mol. The van der Waals surface area contributed by atoms with Crippen LogP contribution in [0, 0.1) is 5.92 Å². The normalized spacial score (nSPS) is 35.5. The van der Waals surface area contributed by atoms with Crippen molar-refractivity contribution in [3.05, 3.63) is 0 Å². The Morgan fingerprint density at radius 3 is 2.47 bits per heavy atom. The maximum atomic E-state index is 12.4. The first-order valence-electron chi connectivity index (χ1n) is 6.81. The number of carboxylic acid groups (broad SMARTS) is 1. The number of amides is 2. The third kappa shape index (κ3) is 3.00. The maximum absolute atomic E-state index is 12.4. The molecule has 6 nitrogen and oxygen atoms in total. The van der Waals surface area contributed by atoms with Crippen LogP contribution in [-0.4, -0.2) is 63.3 Å². The molecule has 2 heterocycles. The number of hydrogen-bond acceptors (Lipinski definition) is 3. The van der Waals surface area contributed by atoms with Crippen molar-refractivity contribution in [1.82, 2.24) is 9.80 Å². The van der Waals surface area contributed by atoms with Gasteiger partial charge in [0.25, 0.3) is 0 Å². The maximum Gasteiger partial charge on any atom is 0.320 e. The van der Waals surface area contributed by atoms with Crippen LogP contribution in [0.5, 0.6) is 0 Å². The number of carbonyl (C=O) groups is 2. The number of aliphatic carboxylic acids is 1. The van der Waals surface area contributed by atoms with Crippen LogP contribution in [-0.2, 0) is 4.79 Å². The summed E-state index contributed by atoms with van der Waals surface area (Å²) < 4.78 is 0. The fourth-order valence-corrected chi connectivity index (χ4v) is 2.97. The van der Waals surface area contributed by atoms with E-state index in [-0.39, 0.29) is 18.0 Å². The van der Waals surface area contributed by atoms with E-state index in [4.69, 9.17) is 5.11 Å². The van der Waals surface area contributed by atoms with Crippen LogP contribution in [0.25, 0.3) is 0 Å². The summed E-state index contributed by atoms with van der Waals surface area (Å²) in [7, 11) is 0. The van der Waals surface area contributed by atoms with Gasteiger partial charge in [0.15, 0.2) is 0 Å². The van der Waals surface area contributed by atoms with Crippen molar-refractivity contribution in [2.24, 2.45) is 5.92 Å². The molecule has 2 rings (SSSR count). The third-order valence-electron chi connectivity index (χ3n) is 4.19. The van der Waals surface area contributed by atoms with Crippen molar-refractivity contribution in [2.75, 3.05) is 19.6 Å². The molecule has 3 atom stereocenters. The average molecular weight is 270 g/mol. The summed E-state index contributed by atoms with van der Waals surface area (Å²) in [5.41, 5.74) is -0.793. The summed E-state index contributed by atoms with van der Waals surface area (Å²) in [4.78, 5) is 26.7. The van der Waals surface area contributed by atoms with Gasteiger partial charge in [-0.1, -0.05) is 0 Å². The van der Waals surface area contributed by atoms with Crippen LogP contribution in [0.3, 0.4) is 0 Å². The topological polar surface area (TPSA) is 81.1 Å². The highest BCUT2D eigenvalue weighted by atomic mass is 16.4. The van der Waals surface area contributed by atoms with E-state index in [9.17, 15) is 14.7 Å². The average Bonchev–Trinajstić information content (AvgIpc) is 2.68. The number of likely N-dealkylation sites (tertiary alicyclic amines) is 2. The number of hydrogen-bond donors (Lipinski definition) is 2. The molecule has 2 aliphatic heterocycles. The predicted molar refractivity (Wildman–Crippen MR) is 68.7 cm³/mol. The Bertz CT molecular complexity index is 383. The molecule has 0 bridgehead atoms. The molecule has 6 heteroatoms. The summed E-state index contributed by atoms with van der Waals surface area (Å²) >= 11 is 0. The number of urea groups is 1. The summed E-state index contributed by atoms with van der Waals surface area (Å²) in [6, 6.07) is -0.137. The Labute approximate surface area is 113 Å². The fourth-order valence-electron chi connectivity index (χ4n) is 2.97. The molecule has 0 saturated carbocycles. The van der Waals surface area contributed by atoms with Crippen molar-refractivity contribution in [3.63, 3.8) is 0 Å². The Hall–Kier alpha value is -1.30. The largest absolute Gasteiger partial charge is 0.481 e. The van der Waals surface area contributed by atoms with Crippen LogP contribution in [0.2, 0.25) is 0 Å². The van der Waals surface area contributed by atoms with Crippen LogP contribution >= 0.6 is 0 Å². The molecule has 0 aliphatic carbocycles. The Morgan fingerprint density at radius 1 is 1.32 bits per heavy atom. The minimum Gasteiger partial charge on any atom is -0.481 e. The lowest BCUT2D eigenvalue weighted by Crippen LogP contribution is -2.51. The first-order chi connectivity index (χ1) is 8.80. The number of carboxylic acids is 1. The van der Waals surface area contributed by atoms with E-state index in [1.54, 1.807) is 16.7 Å². The molecule has 0 aromatic carbocycles. The molecular weight excluding hydrogens is 248 g/mol. The lowest BCUT2D eigenvalue weighted by molar-refractivity contribution is -0.143. The number of carbonyl (C=O) groups excluding carboxylic acids is 1. The van der Waals surface area contributed by atoms with Gasteiger partial charge in [0.2, 0.25) is 0 Å². The molecule has 2 N–H and O–H groups in total. The van der Waals surface area contributed by atoms with Gasteiger partial charge in [-0.3, -0.25) is 4.79 Å². The Balaban J connectivity index is 1.96. The van der Waals surface area contributed by atoms with E-state index in [2.05, 4.69) is 0 Å². The van der Waals surface area contributed by atoms with E-state index < -0.39 is 11.6 Å². The molecule has 3 unspecified atom stereocenters. The van der Waals surface area contributed by atoms with Gasteiger partial charge in [0.1, 0.15) is 0 Å². The number of β-amino-alcohol motifs (C(OH)–C–C–N with tert-alkyl or cyclic N) is 1. The lowest BCUT2D eigenvalue weighted by Gasteiger charge is -2.38. The van der Waals surface area contributed by atoms with Gasteiger partial charge in [0, 0.05) is 19.1 Å². The molecule has 2 saturated heterocycles. The van der Waals surface area contributed by atoms with Crippen molar-refractivity contribution >= 4 is 12.0 Å². The molecule has 2 aliphatic rings. The van der Waals surface area contributed by atoms with E-state index in [1.165, 1.54) is 0 Å². The van der Waals surface area contributed by atoms with E-state index in [1.807, 2.05) is 6.92 Å². The molecule has 2 fully saturated rings. The SMILES string of the molecule is CC1CC(C(=O)O)CCN1C(=O)N1CCC(C)(O)C1. The van der Waals surface area contributed by atoms with Gasteiger partial charge in [-0.25, -0.2) is 4.79 Å². The van der Waals surface area contributed by atoms with Crippen LogP contribution < -0.4 is 0 Å². The Kier molecular flexibility index (Phi) is 3.71. The van der Waals surface area contributed by atoms with E-state index in [0.29, 0.717) is 38.9 Å². The number of piperidine rings is 1. The van der Waals surface area contributed by atoms with Gasteiger partial charge in [-0.2, -0.15) is 0 Å². The van der Waals surface area contributed by atoms with Gasteiger partial charge >= 0.3 is 12.0 Å². The zero-order valence-corrected chi connectivity index (χ0v) is 11.5. The van der Waals surface area contributed by atoms with E-state index >= 15 is 0 Å². The summed E-state index contributed by atoms with van der Waals surface area (Å²) in [6.07, 6.45) is 1.61. The number of rotatable bonds is 1. The van der Waals surface area contributed by atoms with Crippen molar-refractivity contribution in [2.45, 2.75) is 44.8 Å². The lowest BCUT2D eigenvalue weighted by atomic mass is 9.92. The Morgan fingerprint density at radius 2 is 2.00 bits per heavy atom. The van der Waals surface area contributed by atoms with Crippen molar-refractivity contribution < 1.29 is 19.8 Å². The summed E-state index contributed by atoms with van der Waals surface area (Å²) in [6.45, 7) is 5.03. The quantitative estimate of drug-likeness (QED) is 0.736. The standard InChI is InChI=1S/C13H22N2O4/c1-9-7-10(11(16)17)3-5-15(9)12(18)14-6-4-13(2,19)8-14/h9-10,19H,3-8H2,1-2H3,(H,16,17). The summed E-state index contributed by atoms with van der Waals surface area (Å²) in [5, 5.41) is 18.9. The smallest absolute Gasteiger partial charge is 0.320 e. The minimum absolute atomic E-state index is 0.0621. The molecule has 0 spiro atoms. The zero-order chi connectivity index (χ0) is 14.2. The zero-order valence-electron chi connectivity index (χ0n) is 11.5. The van der Waals surface area contributed by atoms with Gasteiger partial charge in [-0.05, 0) is 33.1 Å². The number of aliphatic hydroxyl groups is 1. The second-order valence-electron chi connectivity index (χ2n) is 6.05. The molecular formula is C13H22N2O4. The fraction of sp³-hybridized carbons (Fsp3) is 0.846. The minimum atomic E-state index is -0.793. The molecule has 108 valence electrons. The highest BCUT2D eigenvalue weighted by molar-refractivity contribution is 5.76. The second-order valence-corrected chi connectivity index (χ2v) is 6.05. The van der Waals surface area contributed by atoms with E-state index in [0.717, 1.165) is 0 Å². The summed E-state index contributed by atoms with van der Waals surface area (Å²) in [5.74, 6) is -1.12. The van der Waals surface area contributed by atoms with Gasteiger partial charge in [0.05, 0.1) is 18.1 Å². The second kappa shape index (κ2) is 5.00. The highest BCUT2D eigenvalue weighted by Crippen LogP contribution is 2.27. The highest BCUT2D eigenvalue weighted by Gasteiger charge is 2.39. The molecule has 19 heavy (non-hydrogen) atoms. The molecule has 0 aromatic rings. The first-order valence-corrected chi connectivity index (χ1v) is 6.81. The third-order valence-corrected chi connectivity index (χ3v) is 4.19. The molecule has 0 aromatic heterocycles. The number of nitrogens with zero attached hydrogens (tertiary/aromatic N) is 2. The van der Waals surface area contributed by atoms with Crippen LogP contribution in [0.4, 0.5) is 4.79 Å². The van der Waals surface area contributed by atoms with Gasteiger partial charge < -0.3 is 20.0 Å². The molecule has 2 amide bonds.